The van der Waals surface area contributed by atoms with Crippen LogP contribution < -0.4 is 9.62 Å². The first kappa shape index (κ1) is 30.0. The molecule has 3 heterocycles. The van der Waals surface area contributed by atoms with Crippen molar-refractivity contribution in [1.29, 1.82) is 0 Å². The van der Waals surface area contributed by atoms with Crippen molar-refractivity contribution in [3.05, 3.63) is 95.1 Å². The number of aromatic amines is 1. The third kappa shape index (κ3) is 5.66. The molecule has 0 spiro atoms. The van der Waals surface area contributed by atoms with Crippen molar-refractivity contribution in [1.82, 2.24) is 20.4 Å². The van der Waals surface area contributed by atoms with Crippen LogP contribution in [0.2, 0.25) is 0 Å². The molecule has 232 valence electrons. The minimum atomic E-state index is -3.98. The van der Waals surface area contributed by atoms with Gasteiger partial charge in [0.1, 0.15) is 23.8 Å². The van der Waals surface area contributed by atoms with E-state index in [1.807, 2.05) is 0 Å². The van der Waals surface area contributed by atoms with Crippen LogP contribution in [0.1, 0.15) is 32.0 Å². The molecule has 2 amide bonds. The zero-order valence-corrected chi connectivity index (χ0v) is 25.2. The fourth-order valence-electron chi connectivity index (χ4n) is 5.66. The van der Waals surface area contributed by atoms with Crippen molar-refractivity contribution in [2.75, 3.05) is 37.4 Å². The number of fused-ring (bicyclic) bond motifs is 2. The van der Waals surface area contributed by atoms with E-state index >= 15 is 0 Å². The lowest BCUT2D eigenvalue weighted by atomic mass is 9.96. The van der Waals surface area contributed by atoms with Gasteiger partial charge in [-0.3, -0.25) is 19.0 Å². The molecule has 0 fully saturated rings. The first-order valence-corrected chi connectivity index (χ1v) is 16.0. The van der Waals surface area contributed by atoms with Gasteiger partial charge in [-0.05, 0) is 48.0 Å². The second-order valence-corrected chi connectivity index (χ2v) is 12.6. The lowest BCUT2D eigenvalue weighted by Crippen LogP contribution is -2.35. The Labute approximate surface area is 257 Å². The molecule has 2 aromatic heterocycles. The summed E-state index contributed by atoms with van der Waals surface area (Å²) in [5.74, 6) is -1.03. The summed E-state index contributed by atoms with van der Waals surface area (Å²) in [7, 11) is -2.52. The summed E-state index contributed by atoms with van der Waals surface area (Å²) in [6.45, 7) is -0.549. The van der Waals surface area contributed by atoms with E-state index in [-0.39, 0.29) is 28.5 Å². The molecule has 0 bridgehead atoms. The minimum Gasteiger partial charge on any atom is -0.455 e. The highest BCUT2D eigenvalue weighted by atomic mass is 32.2. The van der Waals surface area contributed by atoms with Gasteiger partial charge in [0.2, 0.25) is 10.0 Å². The number of sulfonamides is 1. The predicted molar refractivity (Wildman–Crippen MR) is 166 cm³/mol. The van der Waals surface area contributed by atoms with Crippen LogP contribution in [0.4, 0.5) is 14.5 Å². The van der Waals surface area contributed by atoms with Crippen molar-refractivity contribution in [2.24, 2.45) is 0 Å². The molecule has 1 aliphatic rings. The zero-order chi connectivity index (χ0) is 31.9. The van der Waals surface area contributed by atoms with E-state index in [4.69, 9.17) is 4.42 Å². The standard InChI is InChI=1S/C32H29F2N5O5S/c1-35-31(40)29-25-15-24(20-4-3-5-21(14-20)32(41)38-12-10-26-22(18-38)17-36-37-26)27(39(13-11-33)45(2,42)43)16-28(25)44-30(29)19-6-8-23(34)9-7-19/h3-9,14-17H,10-13,18H2,1-2H3,(H,35,40)(H,36,37). The SMILES string of the molecule is CNC(=O)c1c(-c2ccc(F)cc2)oc2cc(N(CCF)S(C)(=O)=O)c(-c3cccc(C(=O)N4CCc5[nH]ncc5C4)c3)cc12. The number of nitrogens with one attached hydrogen (secondary N) is 2. The number of amides is 2. The molecule has 0 radical (unpaired) electrons. The summed E-state index contributed by atoms with van der Waals surface area (Å²) in [4.78, 5) is 28.5. The largest absolute Gasteiger partial charge is 0.455 e. The van der Waals surface area contributed by atoms with E-state index in [9.17, 15) is 26.8 Å². The van der Waals surface area contributed by atoms with Gasteiger partial charge in [0.25, 0.3) is 11.8 Å². The van der Waals surface area contributed by atoms with Gasteiger partial charge in [-0.25, -0.2) is 17.2 Å². The quantitative estimate of drug-likeness (QED) is 0.250. The normalized spacial score (nSPS) is 13.1. The van der Waals surface area contributed by atoms with Crippen LogP contribution in [0.5, 0.6) is 0 Å². The van der Waals surface area contributed by atoms with Crippen LogP contribution in [0, 0.1) is 5.82 Å². The number of alkyl halides is 1. The number of hydrogen-bond donors (Lipinski definition) is 2. The lowest BCUT2D eigenvalue weighted by molar-refractivity contribution is 0.0734. The maximum absolute atomic E-state index is 13.8. The fourth-order valence-corrected chi connectivity index (χ4v) is 6.57. The van der Waals surface area contributed by atoms with Gasteiger partial charge in [0.15, 0.2) is 0 Å². The number of hydrogen-bond acceptors (Lipinski definition) is 6. The smallest absolute Gasteiger partial charge is 0.255 e. The Morgan fingerprint density at radius 3 is 2.60 bits per heavy atom. The first-order chi connectivity index (χ1) is 21.6. The van der Waals surface area contributed by atoms with Crippen LogP contribution in [0.3, 0.4) is 0 Å². The Balaban J connectivity index is 1.54. The highest BCUT2D eigenvalue weighted by Crippen LogP contribution is 2.42. The molecule has 1 aliphatic heterocycles. The summed E-state index contributed by atoms with van der Waals surface area (Å²) < 4.78 is 60.4. The number of carbonyl (C=O) groups excluding carboxylic acids is 2. The van der Waals surface area contributed by atoms with E-state index < -0.39 is 35.0 Å². The first-order valence-electron chi connectivity index (χ1n) is 14.1. The lowest BCUT2D eigenvalue weighted by Gasteiger charge is -2.27. The molecule has 0 atom stereocenters. The molecule has 0 saturated carbocycles. The maximum Gasteiger partial charge on any atom is 0.255 e. The van der Waals surface area contributed by atoms with Gasteiger partial charge >= 0.3 is 0 Å². The fraction of sp³-hybridized carbons (Fsp3) is 0.219. The topological polar surface area (TPSA) is 129 Å². The van der Waals surface area contributed by atoms with Gasteiger partial charge in [-0.1, -0.05) is 12.1 Å². The van der Waals surface area contributed by atoms with Crippen molar-refractivity contribution in [3.8, 4) is 22.5 Å². The van der Waals surface area contributed by atoms with Crippen LogP contribution in [-0.2, 0) is 23.0 Å². The summed E-state index contributed by atoms with van der Waals surface area (Å²) in [6, 6.07) is 15.2. The molecule has 10 nitrogen and oxygen atoms in total. The van der Waals surface area contributed by atoms with Crippen molar-refractivity contribution < 1.29 is 31.2 Å². The Kier molecular flexibility index (Phi) is 7.87. The highest BCUT2D eigenvalue weighted by Gasteiger charge is 2.28. The highest BCUT2D eigenvalue weighted by molar-refractivity contribution is 7.92. The number of carbonyl (C=O) groups is 2. The Morgan fingerprint density at radius 2 is 1.89 bits per heavy atom. The molecule has 0 unspecified atom stereocenters. The van der Waals surface area contributed by atoms with Crippen molar-refractivity contribution >= 4 is 38.5 Å². The predicted octanol–water partition coefficient (Wildman–Crippen LogP) is 4.92. The van der Waals surface area contributed by atoms with Crippen LogP contribution in [0.15, 0.2) is 71.3 Å². The number of nitrogens with zero attached hydrogens (tertiary/aromatic N) is 3. The molecule has 2 N–H and O–H groups in total. The van der Waals surface area contributed by atoms with Gasteiger partial charge < -0.3 is 14.6 Å². The van der Waals surface area contributed by atoms with Crippen LogP contribution in [0.25, 0.3) is 33.4 Å². The second-order valence-electron chi connectivity index (χ2n) is 10.7. The average molecular weight is 634 g/mol. The number of halogens is 2. The van der Waals surface area contributed by atoms with Crippen LogP contribution >= 0.6 is 0 Å². The Hall–Kier alpha value is -5.04. The van der Waals surface area contributed by atoms with E-state index in [1.165, 1.54) is 37.4 Å². The summed E-state index contributed by atoms with van der Waals surface area (Å²) >= 11 is 0. The third-order valence-corrected chi connectivity index (χ3v) is 9.01. The molecule has 45 heavy (non-hydrogen) atoms. The summed E-state index contributed by atoms with van der Waals surface area (Å²) in [5.41, 5.74) is 3.95. The van der Waals surface area contributed by atoms with Crippen molar-refractivity contribution in [2.45, 2.75) is 13.0 Å². The van der Waals surface area contributed by atoms with E-state index in [0.717, 1.165) is 21.8 Å². The number of rotatable bonds is 8. The Morgan fingerprint density at radius 1 is 1.11 bits per heavy atom. The average Bonchev–Trinajstić information content (AvgIpc) is 3.66. The van der Waals surface area contributed by atoms with E-state index in [1.54, 1.807) is 41.4 Å². The minimum absolute atomic E-state index is 0.108. The second kappa shape index (κ2) is 11.8. The number of anilines is 1. The molecular formula is C32H29F2N5O5S. The number of aromatic nitrogens is 2. The molecular weight excluding hydrogens is 604 g/mol. The molecule has 0 aliphatic carbocycles. The number of furan rings is 1. The monoisotopic (exact) mass is 633 g/mol. The molecule has 0 saturated heterocycles. The van der Waals surface area contributed by atoms with Gasteiger partial charge in [-0.2, -0.15) is 5.10 Å². The zero-order valence-electron chi connectivity index (χ0n) is 24.4. The summed E-state index contributed by atoms with van der Waals surface area (Å²) in [6.07, 6.45) is 3.30. The van der Waals surface area contributed by atoms with Crippen molar-refractivity contribution in [3.63, 3.8) is 0 Å². The maximum atomic E-state index is 13.8. The Bertz CT molecular complexity index is 2040. The number of H-pyrrole nitrogens is 1. The van der Waals surface area contributed by atoms with Crippen LogP contribution in [-0.4, -0.2) is 68.4 Å². The van der Waals surface area contributed by atoms with Gasteiger partial charge in [0, 0.05) is 66.0 Å². The van der Waals surface area contributed by atoms with Gasteiger partial charge in [-0.15, -0.1) is 0 Å². The number of benzene rings is 3. The molecule has 5 aromatic rings. The summed E-state index contributed by atoms with van der Waals surface area (Å²) in [5, 5.41) is 9.97. The van der Waals surface area contributed by atoms with E-state index in [0.29, 0.717) is 47.2 Å². The van der Waals surface area contributed by atoms with E-state index in [2.05, 4.69) is 15.5 Å². The molecule has 3 aromatic carbocycles. The van der Waals surface area contributed by atoms with Gasteiger partial charge in [0.05, 0.1) is 30.2 Å². The molecule has 6 rings (SSSR count). The molecule has 13 heteroatoms. The third-order valence-electron chi connectivity index (χ3n) is 7.83.